The molecule has 3 nitrogen and oxygen atoms in total. The molecule has 2 rings (SSSR count). The van der Waals surface area contributed by atoms with E-state index in [0.717, 1.165) is 9.26 Å². The van der Waals surface area contributed by atoms with Crippen molar-refractivity contribution in [1.82, 2.24) is 0 Å². The Bertz CT molecular complexity index is 584. The Labute approximate surface area is 123 Å². The van der Waals surface area contributed by atoms with Gasteiger partial charge in [-0.15, -0.1) is 0 Å². The van der Waals surface area contributed by atoms with Crippen molar-refractivity contribution >= 4 is 51.5 Å². The van der Waals surface area contributed by atoms with Crippen molar-refractivity contribution in [1.29, 1.82) is 0 Å². The molecule has 0 saturated heterocycles. The van der Waals surface area contributed by atoms with E-state index < -0.39 is 0 Å². The minimum atomic E-state index is -0.270. The van der Waals surface area contributed by atoms with E-state index in [2.05, 4.69) is 27.9 Å². The van der Waals surface area contributed by atoms with Crippen LogP contribution in [0, 0.1) is 3.57 Å². The van der Waals surface area contributed by atoms with Crippen LogP contribution in [0.5, 0.6) is 0 Å². The van der Waals surface area contributed by atoms with Crippen molar-refractivity contribution in [2.24, 2.45) is 0 Å². The number of anilines is 2. The van der Waals surface area contributed by atoms with E-state index in [0.29, 0.717) is 11.3 Å². The Balaban J connectivity index is 2.22. The summed E-state index contributed by atoms with van der Waals surface area (Å²) in [6.07, 6.45) is 0. The van der Waals surface area contributed by atoms with Gasteiger partial charge in [0.15, 0.2) is 0 Å². The van der Waals surface area contributed by atoms with Gasteiger partial charge in [-0.2, -0.15) is 0 Å². The maximum atomic E-state index is 12.0. The number of benzene rings is 2. The fourth-order valence-electron chi connectivity index (χ4n) is 1.46. The Morgan fingerprint density at radius 2 is 1.83 bits per heavy atom. The zero-order chi connectivity index (χ0) is 13.1. The Morgan fingerprint density at radius 1 is 1.17 bits per heavy atom. The highest BCUT2D eigenvalue weighted by Gasteiger charge is 2.12. The smallest absolute Gasteiger partial charge is 0.257 e. The number of carbonyl (C=O) groups is 1. The normalized spacial score (nSPS) is 10.1. The monoisotopic (exact) mass is 372 g/mol. The second kappa shape index (κ2) is 5.58. The Kier molecular flexibility index (Phi) is 4.08. The third kappa shape index (κ3) is 2.94. The van der Waals surface area contributed by atoms with Crippen LogP contribution in [0.3, 0.4) is 0 Å². The Hall–Kier alpha value is -1.27. The largest absolute Gasteiger partial charge is 0.398 e. The first kappa shape index (κ1) is 13.2. The molecule has 0 aliphatic rings. The van der Waals surface area contributed by atoms with Crippen molar-refractivity contribution in [2.75, 3.05) is 11.1 Å². The molecule has 0 atom stereocenters. The summed E-state index contributed by atoms with van der Waals surface area (Å²) in [4.78, 5) is 12.0. The molecule has 0 unspecified atom stereocenters. The first-order chi connectivity index (χ1) is 8.58. The number of nitrogens with two attached hydrogens (primary N) is 1. The maximum absolute atomic E-state index is 12.0. The first-order valence-corrected chi connectivity index (χ1v) is 6.64. The predicted octanol–water partition coefficient (Wildman–Crippen LogP) is 3.78. The standard InChI is InChI=1S/C13H10ClIN2O/c14-12-10(2-1-3-11(12)16)13(18)17-9-6-4-8(15)5-7-9/h1-7H,16H2,(H,17,18). The van der Waals surface area contributed by atoms with Crippen molar-refractivity contribution in [3.05, 3.63) is 56.6 Å². The van der Waals surface area contributed by atoms with Crippen LogP contribution in [-0.4, -0.2) is 5.91 Å². The summed E-state index contributed by atoms with van der Waals surface area (Å²) in [6, 6.07) is 12.5. The van der Waals surface area contributed by atoms with E-state index in [1.807, 2.05) is 24.3 Å². The van der Waals surface area contributed by atoms with Crippen molar-refractivity contribution in [3.8, 4) is 0 Å². The third-order valence-corrected chi connectivity index (χ3v) is 3.52. The predicted molar refractivity (Wildman–Crippen MR) is 83.0 cm³/mol. The van der Waals surface area contributed by atoms with Gasteiger partial charge < -0.3 is 11.1 Å². The zero-order valence-corrected chi connectivity index (χ0v) is 12.2. The summed E-state index contributed by atoms with van der Waals surface area (Å²) in [6.45, 7) is 0. The molecule has 92 valence electrons. The lowest BCUT2D eigenvalue weighted by molar-refractivity contribution is 0.102. The van der Waals surface area contributed by atoms with Gasteiger partial charge in [-0.3, -0.25) is 4.79 Å². The number of amides is 1. The molecule has 0 aliphatic heterocycles. The lowest BCUT2D eigenvalue weighted by Gasteiger charge is -2.08. The molecule has 0 saturated carbocycles. The van der Waals surface area contributed by atoms with Gasteiger partial charge in [0.2, 0.25) is 0 Å². The van der Waals surface area contributed by atoms with Crippen LogP contribution >= 0.6 is 34.2 Å². The molecule has 2 aromatic carbocycles. The first-order valence-electron chi connectivity index (χ1n) is 5.19. The molecule has 3 N–H and O–H groups in total. The lowest BCUT2D eigenvalue weighted by Crippen LogP contribution is -2.13. The second-order valence-electron chi connectivity index (χ2n) is 3.67. The second-order valence-corrected chi connectivity index (χ2v) is 5.29. The number of carbonyl (C=O) groups excluding carboxylic acids is 1. The average molecular weight is 373 g/mol. The molecule has 0 aliphatic carbocycles. The lowest BCUT2D eigenvalue weighted by atomic mass is 10.2. The van der Waals surface area contributed by atoms with Gasteiger partial charge in [0.05, 0.1) is 16.3 Å². The summed E-state index contributed by atoms with van der Waals surface area (Å²) < 4.78 is 1.10. The third-order valence-electron chi connectivity index (χ3n) is 2.38. The van der Waals surface area contributed by atoms with Crippen LogP contribution < -0.4 is 11.1 Å². The van der Waals surface area contributed by atoms with E-state index >= 15 is 0 Å². The van der Waals surface area contributed by atoms with E-state index in [4.69, 9.17) is 17.3 Å². The van der Waals surface area contributed by atoms with Gasteiger partial charge in [0.25, 0.3) is 5.91 Å². The minimum absolute atomic E-state index is 0.270. The highest BCUT2D eigenvalue weighted by atomic mass is 127. The molecule has 0 spiro atoms. The minimum Gasteiger partial charge on any atom is -0.398 e. The summed E-state index contributed by atoms with van der Waals surface area (Å²) in [5.74, 6) is -0.270. The molecular formula is C13H10ClIN2O. The molecule has 0 fully saturated rings. The number of nitrogen functional groups attached to an aromatic ring is 1. The van der Waals surface area contributed by atoms with Gasteiger partial charge in [0.1, 0.15) is 0 Å². The van der Waals surface area contributed by atoms with Gasteiger partial charge in [-0.25, -0.2) is 0 Å². The number of hydrogen-bond acceptors (Lipinski definition) is 2. The van der Waals surface area contributed by atoms with Crippen LogP contribution in [0.4, 0.5) is 11.4 Å². The van der Waals surface area contributed by atoms with Gasteiger partial charge in [-0.1, -0.05) is 17.7 Å². The number of halogens is 2. The molecule has 2 aromatic rings. The molecule has 0 radical (unpaired) electrons. The van der Waals surface area contributed by atoms with Crippen molar-refractivity contribution in [3.63, 3.8) is 0 Å². The quantitative estimate of drug-likeness (QED) is 0.623. The van der Waals surface area contributed by atoms with Gasteiger partial charge >= 0.3 is 0 Å². The van der Waals surface area contributed by atoms with E-state index in [9.17, 15) is 4.79 Å². The van der Waals surface area contributed by atoms with E-state index in [-0.39, 0.29) is 10.9 Å². The molecular weight excluding hydrogens is 363 g/mol. The van der Waals surface area contributed by atoms with Gasteiger partial charge in [0, 0.05) is 9.26 Å². The molecule has 18 heavy (non-hydrogen) atoms. The van der Waals surface area contributed by atoms with Crippen LogP contribution in [0.15, 0.2) is 42.5 Å². The summed E-state index contributed by atoms with van der Waals surface area (Å²) >= 11 is 8.19. The SMILES string of the molecule is Nc1cccc(C(=O)Nc2ccc(I)cc2)c1Cl. The number of hydrogen-bond donors (Lipinski definition) is 2. The summed E-state index contributed by atoms with van der Waals surface area (Å²) in [5, 5.41) is 3.05. The molecule has 0 heterocycles. The van der Waals surface area contributed by atoms with Crippen LogP contribution in [0.1, 0.15) is 10.4 Å². The van der Waals surface area contributed by atoms with E-state index in [1.165, 1.54) is 0 Å². The number of rotatable bonds is 2. The zero-order valence-electron chi connectivity index (χ0n) is 9.28. The average Bonchev–Trinajstić information content (AvgIpc) is 2.35. The highest BCUT2D eigenvalue weighted by Crippen LogP contribution is 2.24. The molecule has 5 heteroatoms. The summed E-state index contributed by atoms with van der Waals surface area (Å²) in [7, 11) is 0. The molecule has 0 bridgehead atoms. The number of nitrogens with one attached hydrogen (secondary N) is 1. The Morgan fingerprint density at radius 3 is 2.50 bits per heavy atom. The van der Waals surface area contributed by atoms with Crippen LogP contribution in [0.25, 0.3) is 0 Å². The van der Waals surface area contributed by atoms with Crippen LogP contribution in [0.2, 0.25) is 5.02 Å². The topological polar surface area (TPSA) is 55.1 Å². The fraction of sp³-hybridized carbons (Fsp3) is 0. The fourth-order valence-corrected chi connectivity index (χ4v) is 2.03. The van der Waals surface area contributed by atoms with E-state index in [1.54, 1.807) is 18.2 Å². The van der Waals surface area contributed by atoms with Crippen molar-refractivity contribution in [2.45, 2.75) is 0 Å². The molecule has 1 amide bonds. The molecule has 0 aromatic heterocycles. The maximum Gasteiger partial charge on any atom is 0.257 e. The van der Waals surface area contributed by atoms with Crippen LogP contribution in [-0.2, 0) is 0 Å². The summed E-state index contributed by atoms with van der Waals surface area (Å²) in [5.41, 5.74) is 7.15. The highest BCUT2D eigenvalue weighted by molar-refractivity contribution is 14.1. The van der Waals surface area contributed by atoms with Crippen molar-refractivity contribution < 1.29 is 4.79 Å². The van der Waals surface area contributed by atoms with Gasteiger partial charge in [-0.05, 0) is 59.0 Å².